The molecule has 0 radical (unpaired) electrons. The highest BCUT2D eigenvalue weighted by atomic mass is 16.2. The minimum Gasteiger partial charge on any atom is -0.339 e. The van der Waals surface area contributed by atoms with Crippen LogP contribution in [0.25, 0.3) is 0 Å². The molecular formula is C12H22N4O. The second-order valence-corrected chi connectivity index (χ2v) is 5.42. The summed E-state index contributed by atoms with van der Waals surface area (Å²) in [7, 11) is 1.94. The molecule has 96 valence electrons. The van der Waals surface area contributed by atoms with Crippen molar-refractivity contribution >= 4 is 5.91 Å². The number of amides is 1. The van der Waals surface area contributed by atoms with Crippen LogP contribution in [0.3, 0.4) is 0 Å². The van der Waals surface area contributed by atoms with E-state index in [-0.39, 0.29) is 11.9 Å². The first-order valence-electron chi connectivity index (χ1n) is 6.73. The molecule has 5 nitrogen and oxygen atoms in total. The van der Waals surface area contributed by atoms with Gasteiger partial charge in [0.25, 0.3) is 0 Å². The summed E-state index contributed by atoms with van der Waals surface area (Å²) in [4.78, 5) is 16.5. The molecule has 3 rings (SSSR count). The fourth-order valence-corrected chi connectivity index (χ4v) is 3.18. The summed E-state index contributed by atoms with van der Waals surface area (Å²) in [6, 6.07) is 0.978. The molecule has 3 aliphatic rings. The molecule has 2 atom stereocenters. The fraction of sp³-hybridized carbons (Fsp3) is 0.917. The van der Waals surface area contributed by atoms with Gasteiger partial charge in [0, 0.05) is 39.3 Å². The maximum atomic E-state index is 12.0. The average molecular weight is 238 g/mol. The lowest BCUT2D eigenvalue weighted by Crippen LogP contribution is -2.67. The Morgan fingerprint density at radius 3 is 2.88 bits per heavy atom. The highest BCUT2D eigenvalue weighted by molar-refractivity contribution is 5.76. The van der Waals surface area contributed by atoms with E-state index < -0.39 is 0 Å². The second kappa shape index (κ2) is 4.55. The van der Waals surface area contributed by atoms with Gasteiger partial charge in [0.15, 0.2) is 0 Å². The van der Waals surface area contributed by atoms with E-state index in [1.165, 1.54) is 19.3 Å². The lowest BCUT2D eigenvalue weighted by molar-refractivity contribution is -0.131. The smallest absolute Gasteiger partial charge is 0.223 e. The topological polar surface area (TPSA) is 47.6 Å². The molecule has 2 N–H and O–H groups in total. The van der Waals surface area contributed by atoms with Crippen molar-refractivity contribution in [1.29, 1.82) is 0 Å². The largest absolute Gasteiger partial charge is 0.339 e. The summed E-state index contributed by atoms with van der Waals surface area (Å²) in [6.07, 6.45) is 4.97. The van der Waals surface area contributed by atoms with Gasteiger partial charge in [0.1, 0.15) is 0 Å². The molecule has 1 saturated carbocycles. The Balaban J connectivity index is 1.81. The number of rotatable bonds is 1. The number of carbonyl (C=O) groups is 1. The summed E-state index contributed by atoms with van der Waals surface area (Å²) in [6.45, 7) is 2.68. The predicted molar refractivity (Wildman–Crippen MR) is 65.3 cm³/mol. The number of fused-ring (bicyclic) bond motifs is 1. The molecule has 2 aliphatic heterocycles. The molecular weight excluding hydrogens is 216 g/mol. The summed E-state index contributed by atoms with van der Waals surface area (Å²) < 4.78 is 0. The molecule has 5 heteroatoms. The Labute approximate surface area is 103 Å². The van der Waals surface area contributed by atoms with Gasteiger partial charge in [-0.1, -0.05) is 6.42 Å². The lowest BCUT2D eigenvalue weighted by atomic mass is 9.90. The molecule has 3 fully saturated rings. The minimum absolute atomic E-state index is 0.277. The van der Waals surface area contributed by atoms with Gasteiger partial charge in [0.2, 0.25) is 5.91 Å². The van der Waals surface area contributed by atoms with Gasteiger partial charge in [-0.3, -0.25) is 15.0 Å². The van der Waals surface area contributed by atoms with Gasteiger partial charge in [-0.25, -0.2) is 0 Å². The first-order valence-corrected chi connectivity index (χ1v) is 6.73. The van der Waals surface area contributed by atoms with Crippen LogP contribution in [0.4, 0.5) is 0 Å². The maximum Gasteiger partial charge on any atom is 0.223 e. The fourth-order valence-electron chi connectivity index (χ4n) is 3.18. The van der Waals surface area contributed by atoms with Crippen molar-refractivity contribution in [2.24, 2.45) is 0 Å². The van der Waals surface area contributed by atoms with E-state index in [0.29, 0.717) is 18.6 Å². The van der Waals surface area contributed by atoms with E-state index >= 15 is 0 Å². The van der Waals surface area contributed by atoms with Crippen LogP contribution in [0.15, 0.2) is 0 Å². The van der Waals surface area contributed by atoms with E-state index in [0.717, 1.165) is 19.8 Å². The van der Waals surface area contributed by atoms with Crippen molar-refractivity contribution in [2.45, 2.75) is 43.9 Å². The van der Waals surface area contributed by atoms with Crippen LogP contribution in [-0.2, 0) is 4.79 Å². The average Bonchev–Trinajstić information content (AvgIpc) is 2.40. The number of nitrogens with zero attached hydrogens (tertiary/aromatic N) is 2. The maximum absolute atomic E-state index is 12.0. The van der Waals surface area contributed by atoms with Crippen molar-refractivity contribution in [1.82, 2.24) is 20.4 Å². The molecule has 2 unspecified atom stereocenters. The quantitative estimate of drug-likeness (QED) is 0.649. The molecule has 2 saturated heterocycles. The molecule has 2 heterocycles. The van der Waals surface area contributed by atoms with Crippen LogP contribution in [-0.4, -0.2) is 60.8 Å². The van der Waals surface area contributed by atoms with Gasteiger partial charge >= 0.3 is 0 Å². The molecule has 17 heavy (non-hydrogen) atoms. The Hall–Kier alpha value is -0.650. The van der Waals surface area contributed by atoms with E-state index in [1.807, 2.05) is 11.9 Å². The molecule has 0 aromatic carbocycles. The van der Waals surface area contributed by atoms with Crippen molar-refractivity contribution < 1.29 is 4.79 Å². The zero-order valence-corrected chi connectivity index (χ0v) is 10.5. The normalized spacial score (nSPS) is 36.3. The summed E-state index contributed by atoms with van der Waals surface area (Å²) >= 11 is 0. The van der Waals surface area contributed by atoms with Crippen molar-refractivity contribution in [3.63, 3.8) is 0 Å². The molecule has 0 aromatic heterocycles. The predicted octanol–water partition coefficient (Wildman–Crippen LogP) is -0.452. The third-order valence-electron chi connectivity index (χ3n) is 4.53. The number of nitrogens with one attached hydrogen (secondary N) is 2. The summed E-state index contributed by atoms with van der Waals surface area (Å²) in [5.74, 6) is 0.285. The highest BCUT2D eigenvalue weighted by Gasteiger charge is 2.41. The Bertz CT molecular complexity index is 305. The minimum atomic E-state index is 0.277. The van der Waals surface area contributed by atoms with Gasteiger partial charge in [0.05, 0.1) is 12.2 Å². The van der Waals surface area contributed by atoms with Gasteiger partial charge in [-0.15, -0.1) is 0 Å². The summed E-state index contributed by atoms with van der Waals surface area (Å²) in [5.41, 5.74) is 0. The SMILES string of the molecule is CN1C(=O)CCN(C2CCC2)C2NCNCC21. The van der Waals surface area contributed by atoms with Crippen LogP contribution < -0.4 is 10.6 Å². The Morgan fingerprint density at radius 1 is 1.35 bits per heavy atom. The lowest BCUT2D eigenvalue weighted by Gasteiger charge is -2.47. The Morgan fingerprint density at radius 2 is 2.18 bits per heavy atom. The van der Waals surface area contributed by atoms with Gasteiger partial charge in [-0.05, 0) is 12.8 Å². The number of carbonyl (C=O) groups excluding carboxylic acids is 1. The Kier molecular flexibility index (Phi) is 3.06. The molecule has 0 spiro atoms. The molecule has 1 aliphatic carbocycles. The van der Waals surface area contributed by atoms with Crippen LogP contribution in [0.2, 0.25) is 0 Å². The highest BCUT2D eigenvalue weighted by Crippen LogP contribution is 2.29. The van der Waals surface area contributed by atoms with E-state index in [2.05, 4.69) is 15.5 Å². The van der Waals surface area contributed by atoms with Gasteiger partial charge < -0.3 is 10.2 Å². The monoisotopic (exact) mass is 238 g/mol. The zero-order chi connectivity index (χ0) is 11.8. The van der Waals surface area contributed by atoms with Crippen LogP contribution in [0.1, 0.15) is 25.7 Å². The van der Waals surface area contributed by atoms with Crippen molar-refractivity contribution in [2.75, 3.05) is 26.8 Å². The summed E-state index contributed by atoms with van der Waals surface area (Å²) in [5, 5.41) is 6.86. The van der Waals surface area contributed by atoms with Crippen LogP contribution in [0, 0.1) is 0 Å². The first-order chi connectivity index (χ1) is 8.27. The molecule has 0 aromatic rings. The second-order valence-electron chi connectivity index (χ2n) is 5.42. The molecule has 0 bridgehead atoms. The number of likely N-dealkylation sites (N-methyl/N-ethyl adjacent to an activating group) is 1. The van der Waals surface area contributed by atoms with E-state index in [1.54, 1.807) is 0 Å². The van der Waals surface area contributed by atoms with Gasteiger partial charge in [-0.2, -0.15) is 0 Å². The van der Waals surface area contributed by atoms with E-state index in [9.17, 15) is 4.79 Å². The molecule has 1 amide bonds. The zero-order valence-electron chi connectivity index (χ0n) is 10.5. The first kappa shape index (κ1) is 11.4. The third-order valence-corrected chi connectivity index (χ3v) is 4.53. The number of hydrogen-bond donors (Lipinski definition) is 2. The van der Waals surface area contributed by atoms with Crippen LogP contribution >= 0.6 is 0 Å². The van der Waals surface area contributed by atoms with Crippen LogP contribution in [0.5, 0.6) is 0 Å². The van der Waals surface area contributed by atoms with Crippen molar-refractivity contribution in [3.05, 3.63) is 0 Å². The van der Waals surface area contributed by atoms with E-state index in [4.69, 9.17) is 0 Å². The van der Waals surface area contributed by atoms with Crippen molar-refractivity contribution in [3.8, 4) is 0 Å². The number of hydrogen-bond acceptors (Lipinski definition) is 4. The standard InChI is InChI=1S/C12H22N4O/c1-15-10-7-13-8-14-12(10)16(6-5-11(15)17)9-3-2-4-9/h9-10,12-14H,2-8H2,1H3. The third kappa shape index (κ3) is 1.96.